The molecule has 0 bridgehead atoms. The average Bonchev–Trinajstić information content (AvgIpc) is 2.24. The molecule has 5 nitrogen and oxygen atoms in total. The molecule has 0 amide bonds. The Bertz CT molecular complexity index is 540. The molecule has 1 N–H and O–H groups in total. The van der Waals surface area contributed by atoms with Crippen molar-refractivity contribution < 1.29 is 45.7 Å². The zero-order chi connectivity index (χ0) is 16.4. The fourth-order valence-electron chi connectivity index (χ4n) is 1.37. The molecule has 0 atom stereocenters. The van der Waals surface area contributed by atoms with Crippen LogP contribution in [0.15, 0.2) is 6.07 Å². The van der Waals surface area contributed by atoms with E-state index < -0.39 is 47.8 Å². The Labute approximate surface area is 113 Å². The number of nitrogens with zero attached hydrogens (tertiary/aromatic N) is 1. The molecule has 0 spiro atoms. The van der Waals surface area contributed by atoms with Gasteiger partial charge in [0.1, 0.15) is 0 Å². The van der Waals surface area contributed by atoms with E-state index >= 15 is 0 Å². The first kappa shape index (κ1) is 16.9. The second kappa shape index (κ2) is 5.66. The van der Waals surface area contributed by atoms with E-state index in [2.05, 4.69) is 14.5 Å². The lowest BCUT2D eigenvalue weighted by Gasteiger charge is -2.16. The van der Waals surface area contributed by atoms with E-state index in [0.29, 0.717) is 0 Å². The molecule has 0 aromatic carbocycles. The van der Waals surface area contributed by atoms with E-state index in [0.717, 1.165) is 7.11 Å². The smallest absolute Gasteiger partial charge is 0.491 e. The number of aliphatic carboxylic acids is 1. The van der Waals surface area contributed by atoms with Gasteiger partial charge in [0.25, 0.3) is 5.88 Å². The number of carbonyl (C=O) groups is 1. The summed E-state index contributed by atoms with van der Waals surface area (Å²) in [6.07, 6.45) is -11.5. The molecule has 1 rings (SSSR count). The van der Waals surface area contributed by atoms with Gasteiger partial charge in [-0.2, -0.15) is 13.2 Å². The van der Waals surface area contributed by atoms with Crippen molar-refractivity contribution in [1.29, 1.82) is 0 Å². The largest absolute Gasteiger partial charge is 0.574 e. The number of ether oxygens (including phenoxy) is 2. The van der Waals surface area contributed by atoms with Crippen LogP contribution in [0.5, 0.6) is 11.6 Å². The Morgan fingerprint density at radius 2 is 1.86 bits per heavy atom. The lowest BCUT2D eigenvalue weighted by molar-refractivity contribution is -0.276. The zero-order valence-corrected chi connectivity index (χ0v) is 10.2. The SMILES string of the molecule is COc1cc(C(F)(F)F)c(CC(=O)O)nc1OC(F)(F)F. The van der Waals surface area contributed by atoms with Crippen molar-refractivity contribution in [3.05, 3.63) is 17.3 Å². The van der Waals surface area contributed by atoms with E-state index in [1.165, 1.54) is 0 Å². The van der Waals surface area contributed by atoms with E-state index in [1.807, 2.05) is 0 Å². The highest BCUT2D eigenvalue weighted by Crippen LogP contribution is 2.38. The Morgan fingerprint density at radius 1 is 1.29 bits per heavy atom. The third-order valence-corrected chi connectivity index (χ3v) is 2.09. The number of hydrogen-bond acceptors (Lipinski definition) is 4. The van der Waals surface area contributed by atoms with Crippen molar-refractivity contribution >= 4 is 5.97 Å². The van der Waals surface area contributed by atoms with Gasteiger partial charge >= 0.3 is 18.5 Å². The quantitative estimate of drug-likeness (QED) is 0.864. The molecule has 0 saturated carbocycles. The Kier molecular flexibility index (Phi) is 4.54. The summed E-state index contributed by atoms with van der Waals surface area (Å²) in [4.78, 5) is 13.5. The third kappa shape index (κ3) is 4.68. The molecule has 1 heterocycles. The highest BCUT2D eigenvalue weighted by atomic mass is 19.4. The predicted octanol–water partition coefficient (Wildman–Crippen LogP) is 2.63. The van der Waals surface area contributed by atoms with Crippen molar-refractivity contribution in [2.24, 2.45) is 0 Å². The molecule has 0 aliphatic carbocycles. The molecule has 0 fully saturated rings. The lowest BCUT2D eigenvalue weighted by Crippen LogP contribution is -2.21. The van der Waals surface area contributed by atoms with Crippen LogP contribution in [0.3, 0.4) is 0 Å². The van der Waals surface area contributed by atoms with Gasteiger partial charge in [-0.25, -0.2) is 4.98 Å². The van der Waals surface area contributed by atoms with Gasteiger partial charge < -0.3 is 14.6 Å². The Hall–Kier alpha value is -2.20. The molecule has 0 aliphatic heterocycles. The molecular weight excluding hydrogens is 312 g/mol. The second-order valence-electron chi connectivity index (χ2n) is 3.61. The first-order valence-corrected chi connectivity index (χ1v) is 5.06. The maximum atomic E-state index is 12.7. The van der Waals surface area contributed by atoms with Crippen molar-refractivity contribution in [1.82, 2.24) is 4.98 Å². The van der Waals surface area contributed by atoms with Gasteiger partial charge in [0.05, 0.1) is 24.8 Å². The first-order chi connectivity index (χ1) is 9.44. The molecule has 0 aliphatic rings. The average molecular weight is 319 g/mol. The number of rotatable bonds is 4. The van der Waals surface area contributed by atoms with E-state index in [-0.39, 0.29) is 6.07 Å². The minimum absolute atomic E-state index is 0.201. The summed E-state index contributed by atoms with van der Waals surface area (Å²) in [5, 5.41) is 8.51. The highest BCUT2D eigenvalue weighted by molar-refractivity contribution is 5.70. The number of halogens is 6. The van der Waals surface area contributed by atoms with Crippen LogP contribution in [0.2, 0.25) is 0 Å². The van der Waals surface area contributed by atoms with Crippen molar-refractivity contribution in [3.8, 4) is 11.6 Å². The van der Waals surface area contributed by atoms with Crippen LogP contribution >= 0.6 is 0 Å². The summed E-state index contributed by atoms with van der Waals surface area (Å²) in [6, 6.07) is 0.201. The topological polar surface area (TPSA) is 68.7 Å². The van der Waals surface area contributed by atoms with Gasteiger partial charge in [-0.05, 0) is 6.07 Å². The van der Waals surface area contributed by atoms with Crippen LogP contribution in [-0.4, -0.2) is 29.5 Å². The first-order valence-electron chi connectivity index (χ1n) is 5.06. The number of pyridine rings is 1. The molecule has 0 unspecified atom stereocenters. The maximum absolute atomic E-state index is 12.7. The third-order valence-electron chi connectivity index (χ3n) is 2.09. The standard InChI is InChI=1S/C10H7F6NO4/c1-20-6-2-4(9(11,12)13)5(3-7(18)19)17-8(6)21-10(14,15)16/h2H,3H2,1H3,(H,18,19). The summed E-state index contributed by atoms with van der Waals surface area (Å²) in [5.41, 5.74) is -2.63. The number of carboxylic acids is 1. The molecule has 21 heavy (non-hydrogen) atoms. The highest BCUT2D eigenvalue weighted by Gasteiger charge is 2.39. The molecule has 1 aromatic rings. The summed E-state index contributed by atoms with van der Waals surface area (Å²) in [5.74, 6) is -3.92. The van der Waals surface area contributed by atoms with E-state index in [9.17, 15) is 31.1 Å². The predicted molar refractivity (Wildman–Crippen MR) is 53.8 cm³/mol. The summed E-state index contributed by atoms with van der Waals surface area (Å²) in [6.45, 7) is 0. The number of carboxylic acid groups (broad SMARTS) is 1. The minimum atomic E-state index is -5.22. The fourth-order valence-corrected chi connectivity index (χ4v) is 1.37. The van der Waals surface area contributed by atoms with Crippen molar-refractivity contribution in [2.45, 2.75) is 19.0 Å². The van der Waals surface area contributed by atoms with Crippen molar-refractivity contribution in [2.75, 3.05) is 7.11 Å². The van der Waals surface area contributed by atoms with E-state index in [4.69, 9.17) is 5.11 Å². The monoisotopic (exact) mass is 319 g/mol. The van der Waals surface area contributed by atoms with Gasteiger partial charge in [-0.1, -0.05) is 0 Å². The van der Waals surface area contributed by atoms with Crippen LogP contribution in [-0.2, 0) is 17.4 Å². The maximum Gasteiger partial charge on any atom is 0.574 e. The molecule has 11 heteroatoms. The van der Waals surface area contributed by atoms with Gasteiger partial charge in [0.15, 0.2) is 5.75 Å². The number of hydrogen-bond donors (Lipinski definition) is 1. The Morgan fingerprint density at radius 3 is 2.24 bits per heavy atom. The van der Waals surface area contributed by atoms with Crippen LogP contribution < -0.4 is 9.47 Å². The van der Waals surface area contributed by atoms with Crippen LogP contribution in [0, 0.1) is 0 Å². The number of aromatic nitrogens is 1. The van der Waals surface area contributed by atoms with Gasteiger partial charge in [0.2, 0.25) is 0 Å². The molecular formula is C10H7F6NO4. The van der Waals surface area contributed by atoms with Gasteiger partial charge in [0, 0.05) is 0 Å². The normalized spacial score (nSPS) is 12.1. The van der Waals surface area contributed by atoms with Gasteiger partial charge in [-0.15, -0.1) is 13.2 Å². The summed E-state index contributed by atoms with van der Waals surface area (Å²) < 4.78 is 82.4. The zero-order valence-electron chi connectivity index (χ0n) is 10.2. The number of alkyl halides is 6. The fraction of sp³-hybridized carbons (Fsp3) is 0.400. The second-order valence-corrected chi connectivity index (χ2v) is 3.61. The molecule has 1 aromatic heterocycles. The van der Waals surface area contributed by atoms with E-state index in [1.54, 1.807) is 0 Å². The molecule has 0 radical (unpaired) electrons. The molecule has 0 saturated heterocycles. The number of methoxy groups -OCH3 is 1. The van der Waals surface area contributed by atoms with Crippen LogP contribution in [0.25, 0.3) is 0 Å². The van der Waals surface area contributed by atoms with Crippen LogP contribution in [0.4, 0.5) is 26.3 Å². The van der Waals surface area contributed by atoms with Crippen molar-refractivity contribution in [3.63, 3.8) is 0 Å². The summed E-state index contributed by atoms with van der Waals surface area (Å²) in [7, 11) is 0.817. The lowest BCUT2D eigenvalue weighted by atomic mass is 10.1. The van der Waals surface area contributed by atoms with Crippen LogP contribution in [0.1, 0.15) is 11.3 Å². The Balaban J connectivity index is 3.44. The molecule has 118 valence electrons. The minimum Gasteiger partial charge on any atom is -0.491 e. The van der Waals surface area contributed by atoms with Gasteiger partial charge in [-0.3, -0.25) is 4.79 Å². The summed E-state index contributed by atoms with van der Waals surface area (Å²) >= 11 is 0.